The molecular formula is C28H33ClN2O2. The van der Waals surface area contributed by atoms with E-state index >= 15 is 0 Å². The van der Waals surface area contributed by atoms with E-state index in [1.165, 1.54) is 16.7 Å². The van der Waals surface area contributed by atoms with E-state index in [1.54, 1.807) is 0 Å². The van der Waals surface area contributed by atoms with E-state index in [0.717, 1.165) is 37.3 Å². The predicted octanol–water partition coefficient (Wildman–Crippen LogP) is 5.29. The topological polar surface area (TPSA) is 40.6 Å². The number of halogens is 1. The first-order chi connectivity index (χ1) is 15.9. The standard InChI is InChI=1S/C28H33ClN2O2/c1-19(2)17-31-18-22-6-4-3-5-21(22)16-28(27(31)33)11-13-30(14-12-28)26(32)25-15-24(25)20-7-9-23(29)10-8-20/h3-10,19,24-25H,11-18H2,1-2H3/t24-,25+/m0/s1. The van der Waals surface area contributed by atoms with Crippen molar-refractivity contribution in [3.63, 3.8) is 0 Å². The highest BCUT2D eigenvalue weighted by Gasteiger charge is 2.50. The lowest BCUT2D eigenvalue weighted by Gasteiger charge is -2.42. The van der Waals surface area contributed by atoms with Crippen molar-refractivity contribution in [1.29, 1.82) is 0 Å². The molecule has 174 valence electrons. The number of piperidine rings is 1. The molecule has 0 radical (unpaired) electrons. The van der Waals surface area contributed by atoms with Crippen molar-refractivity contribution in [3.05, 3.63) is 70.2 Å². The molecule has 5 heteroatoms. The lowest BCUT2D eigenvalue weighted by Crippen LogP contribution is -2.52. The lowest BCUT2D eigenvalue weighted by molar-refractivity contribution is -0.149. The van der Waals surface area contributed by atoms with Crippen molar-refractivity contribution >= 4 is 23.4 Å². The first-order valence-electron chi connectivity index (χ1n) is 12.3. The van der Waals surface area contributed by atoms with Crippen LogP contribution >= 0.6 is 11.6 Å². The van der Waals surface area contributed by atoms with Crippen LogP contribution in [0.3, 0.4) is 0 Å². The van der Waals surface area contributed by atoms with Gasteiger partial charge in [-0.25, -0.2) is 0 Å². The predicted molar refractivity (Wildman–Crippen MR) is 131 cm³/mol. The third-order valence-electron chi connectivity index (χ3n) is 7.77. The SMILES string of the molecule is CC(C)CN1Cc2ccccc2CC2(CCN(C(=O)[C@@H]3C[C@H]3c3ccc(Cl)cc3)CC2)C1=O. The van der Waals surface area contributed by atoms with Gasteiger partial charge in [-0.15, -0.1) is 0 Å². The van der Waals surface area contributed by atoms with E-state index in [2.05, 4.69) is 43.0 Å². The summed E-state index contributed by atoms with van der Waals surface area (Å²) >= 11 is 6.02. The molecule has 2 amide bonds. The second-order valence-electron chi connectivity index (χ2n) is 10.6. The van der Waals surface area contributed by atoms with Gasteiger partial charge in [0.25, 0.3) is 0 Å². The van der Waals surface area contributed by atoms with Crippen molar-refractivity contribution in [1.82, 2.24) is 9.80 Å². The quantitative estimate of drug-likeness (QED) is 0.616. The smallest absolute Gasteiger partial charge is 0.229 e. The summed E-state index contributed by atoms with van der Waals surface area (Å²) in [4.78, 5) is 31.2. The van der Waals surface area contributed by atoms with Crippen LogP contribution in [0.25, 0.3) is 0 Å². The molecule has 2 fully saturated rings. The van der Waals surface area contributed by atoms with Gasteiger partial charge in [0.1, 0.15) is 0 Å². The molecule has 1 saturated carbocycles. The summed E-state index contributed by atoms with van der Waals surface area (Å²) in [5.74, 6) is 1.34. The maximum Gasteiger partial charge on any atom is 0.229 e. The number of carbonyl (C=O) groups excluding carboxylic acids is 2. The number of hydrogen-bond donors (Lipinski definition) is 0. The first kappa shape index (κ1) is 22.5. The summed E-state index contributed by atoms with van der Waals surface area (Å²) in [5.41, 5.74) is 3.37. The number of fused-ring (bicyclic) bond motifs is 1. The van der Waals surface area contributed by atoms with Crippen LogP contribution in [-0.4, -0.2) is 41.2 Å². The fraction of sp³-hybridized carbons (Fsp3) is 0.500. The molecule has 5 rings (SSSR count). The van der Waals surface area contributed by atoms with Gasteiger partial charge in [-0.3, -0.25) is 9.59 Å². The minimum absolute atomic E-state index is 0.0724. The monoisotopic (exact) mass is 464 g/mol. The number of nitrogens with zero attached hydrogens (tertiary/aromatic N) is 2. The molecule has 1 spiro atoms. The number of hydrogen-bond acceptors (Lipinski definition) is 2. The second kappa shape index (κ2) is 8.79. The average molecular weight is 465 g/mol. The van der Waals surface area contributed by atoms with Gasteiger partial charge >= 0.3 is 0 Å². The molecule has 0 bridgehead atoms. The fourth-order valence-corrected chi connectivity index (χ4v) is 5.98. The third kappa shape index (κ3) is 4.42. The van der Waals surface area contributed by atoms with Gasteiger partial charge in [0.2, 0.25) is 11.8 Å². The Balaban J connectivity index is 1.29. The molecule has 2 aliphatic heterocycles. The van der Waals surface area contributed by atoms with Crippen LogP contribution in [0.4, 0.5) is 0 Å². The number of carbonyl (C=O) groups is 2. The van der Waals surface area contributed by atoms with Crippen molar-refractivity contribution in [3.8, 4) is 0 Å². The van der Waals surface area contributed by atoms with Crippen LogP contribution < -0.4 is 0 Å². The summed E-state index contributed by atoms with van der Waals surface area (Å²) < 4.78 is 0. The Morgan fingerprint density at radius 2 is 1.73 bits per heavy atom. The van der Waals surface area contributed by atoms with E-state index < -0.39 is 5.41 Å². The average Bonchev–Trinajstić information content (AvgIpc) is 3.61. The molecule has 33 heavy (non-hydrogen) atoms. The summed E-state index contributed by atoms with van der Waals surface area (Å²) in [6, 6.07) is 16.4. The largest absolute Gasteiger partial charge is 0.342 e. The van der Waals surface area contributed by atoms with Crippen LogP contribution in [0.15, 0.2) is 48.5 Å². The Hall–Kier alpha value is -2.33. The Kier molecular flexibility index (Phi) is 5.98. The molecule has 0 aromatic heterocycles. The maximum atomic E-state index is 13.8. The molecule has 2 aromatic rings. The number of rotatable bonds is 4. The lowest BCUT2D eigenvalue weighted by atomic mass is 9.72. The molecule has 4 nitrogen and oxygen atoms in total. The van der Waals surface area contributed by atoms with Crippen molar-refractivity contribution < 1.29 is 9.59 Å². The van der Waals surface area contributed by atoms with E-state index in [9.17, 15) is 9.59 Å². The van der Waals surface area contributed by atoms with E-state index in [4.69, 9.17) is 11.6 Å². The Morgan fingerprint density at radius 1 is 1.06 bits per heavy atom. The van der Waals surface area contributed by atoms with Gasteiger partial charge in [0, 0.05) is 37.1 Å². The van der Waals surface area contributed by atoms with Crippen LogP contribution in [0.5, 0.6) is 0 Å². The minimum Gasteiger partial charge on any atom is -0.342 e. The van der Waals surface area contributed by atoms with Crippen LogP contribution in [0, 0.1) is 17.3 Å². The van der Waals surface area contributed by atoms with Crippen LogP contribution in [0.2, 0.25) is 5.02 Å². The van der Waals surface area contributed by atoms with Crippen molar-refractivity contribution in [2.75, 3.05) is 19.6 Å². The highest BCUT2D eigenvalue weighted by molar-refractivity contribution is 6.30. The molecular weight excluding hydrogens is 432 g/mol. The first-order valence-corrected chi connectivity index (χ1v) is 12.6. The summed E-state index contributed by atoms with van der Waals surface area (Å²) in [7, 11) is 0. The molecule has 2 aromatic carbocycles. The zero-order valence-corrected chi connectivity index (χ0v) is 20.4. The fourth-order valence-electron chi connectivity index (χ4n) is 5.85. The van der Waals surface area contributed by atoms with Gasteiger partial charge < -0.3 is 9.80 Å². The number of amides is 2. The van der Waals surface area contributed by atoms with Gasteiger partial charge in [0.15, 0.2) is 0 Å². The molecule has 2 atom stereocenters. The van der Waals surface area contributed by atoms with Crippen LogP contribution in [0.1, 0.15) is 55.7 Å². The Morgan fingerprint density at radius 3 is 2.39 bits per heavy atom. The van der Waals surface area contributed by atoms with Gasteiger partial charge in [-0.05, 0) is 66.3 Å². The highest BCUT2D eigenvalue weighted by Crippen LogP contribution is 2.49. The summed E-state index contributed by atoms with van der Waals surface area (Å²) in [5, 5.41) is 0.727. The van der Waals surface area contributed by atoms with Gasteiger partial charge in [-0.1, -0.05) is 61.8 Å². The normalized spacial score (nSPS) is 24.1. The van der Waals surface area contributed by atoms with Gasteiger partial charge in [0.05, 0.1) is 5.41 Å². The van der Waals surface area contributed by atoms with E-state index in [0.29, 0.717) is 31.5 Å². The third-order valence-corrected chi connectivity index (χ3v) is 8.02. The molecule has 3 aliphatic rings. The molecule has 1 saturated heterocycles. The van der Waals surface area contributed by atoms with Crippen LogP contribution in [-0.2, 0) is 22.6 Å². The Bertz CT molecular complexity index is 1040. The molecule has 0 N–H and O–H groups in total. The second-order valence-corrected chi connectivity index (χ2v) is 11.1. The van der Waals surface area contributed by atoms with Gasteiger partial charge in [-0.2, -0.15) is 0 Å². The van der Waals surface area contributed by atoms with Crippen molar-refractivity contribution in [2.45, 2.75) is 52.0 Å². The Labute approximate surface area is 201 Å². The molecule has 0 unspecified atom stereocenters. The maximum absolute atomic E-state index is 13.8. The van der Waals surface area contributed by atoms with E-state index in [-0.39, 0.29) is 17.7 Å². The zero-order chi connectivity index (χ0) is 23.2. The molecule has 2 heterocycles. The summed E-state index contributed by atoms with van der Waals surface area (Å²) in [6.45, 7) is 7.17. The summed E-state index contributed by atoms with van der Waals surface area (Å²) in [6.07, 6.45) is 3.20. The van der Waals surface area contributed by atoms with Crippen molar-refractivity contribution in [2.24, 2.45) is 17.3 Å². The molecule has 1 aliphatic carbocycles. The van der Waals surface area contributed by atoms with E-state index in [1.807, 2.05) is 29.2 Å². The number of benzene rings is 2. The number of likely N-dealkylation sites (tertiary alicyclic amines) is 1. The zero-order valence-electron chi connectivity index (χ0n) is 19.6. The minimum atomic E-state index is -0.391. The highest BCUT2D eigenvalue weighted by atomic mass is 35.5.